The molecule has 0 aliphatic carbocycles. The smallest absolute Gasteiger partial charge is 0.414 e. The zero-order valence-corrected chi connectivity index (χ0v) is 15.9. The summed E-state index contributed by atoms with van der Waals surface area (Å²) < 4.78 is 40.7. The minimum absolute atomic E-state index is 0.127. The van der Waals surface area contributed by atoms with Crippen molar-refractivity contribution in [3.63, 3.8) is 0 Å². The van der Waals surface area contributed by atoms with Crippen molar-refractivity contribution >= 4 is 11.8 Å². The van der Waals surface area contributed by atoms with Crippen molar-refractivity contribution in [2.24, 2.45) is 0 Å². The van der Waals surface area contributed by atoms with E-state index in [9.17, 15) is 13.6 Å². The average Bonchev–Trinajstić information content (AvgIpc) is 3.55. The van der Waals surface area contributed by atoms with Gasteiger partial charge in [-0.3, -0.25) is 4.90 Å². The highest BCUT2D eigenvalue weighted by atomic mass is 19.1. The molecular weight excluding hydrogens is 412 g/mol. The van der Waals surface area contributed by atoms with E-state index in [4.69, 9.17) is 9.26 Å². The first-order valence-corrected chi connectivity index (χ1v) is 9.30. The van der Waals surface area contributed by atoms with Gasteiger partial charge in [0.05, 0.1) is 30.7 Å². The second-order valence-corrected chi connectivity index (χ2v) is 6.83. The summed E-state index contributed by atoms with van der Waals surface area (Å²) in [6, 6.07) is 6.11. The highest BCUT2D eigenvalue weighted by Gasteiger charge is 2.33. The van der Waals surface area contributed by atoms with Gasteiger partial charge in [0.25, 0.3) is 5.89 Å². The summed E-state index contributed by atoms with van der Waals surface area (Å²) in [6.45, 7) is -0.239. The SMILES string of the molecule is O=C1O[C@@H](Cn2ccnn2)CN1c1ccc(-n2ccc(-c3noc(CF)n3)c2)c(F)c1. The summed E-state index contributed by atoms with van der Waals surface area (Å²) in [5.41, 5.74) is 1.19. The number of cyclic esters (lactones) is 1. The van der Waals surface area contributed by atoms with Crippen LogP contribution in [0, 0.1) is 5.82 Å². The number of ether oxygens (including phenoxy) is 1. The molecule has 1 aliphatic rings. The first-order chi connectivity index (χ1) is 15.1. The van der Waals surface area contributed by atoms with E-state index in [1.165, 1.54) is 21.7 Å². The second kappa shape index (κ2) is 7.63. The summed E-state index contributed by atoms with van der Waals surface area (Å²) in [6.07, 6.45) is 5.45. The van der Waals surface area contributed by atoms with Gasteiger partial charge in [0.15, 0.2) is 6.67 Å². The number of carbonyl (C=O) groups excluding carboxylic acids is 1. The molecule has 0 unspecified atom stereocenters. The summed E-state index contributed by atoms with van der Waals surface area (Å²) in [5, 5.41) is 11.3. The molecule has 0 spiro atoms. The van der Waals surface area contributed by atoms with Crippen molar-refractivity contribution in [2.45, 2.75) is 19.3 Å². The molecule has 4 heterocycles. The first-order valence-electron chi connectivity index (χ1n) is 9.30. The monoisotopic (exact) mass is 427 g/mol. The fraction of sp³-hybridized carbons (Fsp3) is 0.211. The molecule has 1 atom stereocenters. The molecule has 0 radical (unpaired) electrons. The molecule has 158 valence electrons. The van der Waals surface area contributed by atoms with Crippen LogP contribution in [0.4, 0.5) is 19.3 Å². The molecule has 12 heteroatoms. The van der Waals surface area contributed by atoms with Gasteiger partial charge in [-0.25, -0.2) is 18.3 Å². The van der Waals surface area contributed by atoms with E-state index in [0.717, 1.165) is 0 Å². The van der Waals surface area contributed by atoms with Gasteiger partial charge in [-0.2, -0.15) is 4.98 Å². The Kier molecular flexibility index (Phi) is 4.65. The average molecular weight is 427 g/mol. The maximum Gasteiger partial charge on any atom is 0.414 e. The van der Waals surface area contributed by atoms with Crippen molar-refractivity contribution < 1.29 is 22.8 Å². The van der Waals surface area contributed by atoms with Crippen LogP contribution in [-0.2, 0) is 18.0 Å². The van der Waals surface area contributed by atoms with Gasteiger partial charge in [-0.15, -0.1) is 5.10 Å². The van der Waals surface area contributed by atoms with Crippen molar-refractivity contribution in [3.05, 3.63) is 60.8 Å². The maximum absolute atomic E-state index is 14.9. The topological polar surface area (TPSA) is 104 Å². The van der Waals surface area contributed by atoms with E-state index in [-0.39, 0.29) is 23.9 Å². The number of nitrogens with zero attached hydrogens (tertiary/aromatic N) is 7. The van der Waals surface area contributed by atoms with Gasteiger partial charge >= 0.3 is 6.09 Å². The van der Waals surface area contributed by atoms with Crippen LogP contribution in [0.5, 0.6) is 0 Å². The lowest BCUT2D eigenvalue weighted by atomic mass is 10.2. The fourth-order valence-electron chi connectivity index (χ4n) is 3.34. The third kappa shape index (κ3) is 3.63. The van der Waals surface area contributed by atoms with Crippen molar-refractivity contribution in [3.8, 4) is 17.1 Å². The Hall–Kier alpha value is -4.09. The molecule has 0 N–H and O–H groups in total. The van der Waals surface area contributed by atoms with Crippen LogP contribution in [0.2, 0.25) is 0 Å². The van der Waals surface area contributed by atoms with Gasteiger partial charge in [0.2, 0.25) is 5.82 Å². The van der Waals surface area contributed by atoms with Gasteiger partial charge in [0, 0.05) is 24.2 Å². The molecule has 3 aromatic heterocycles. The minimum atomic E-state index is -0.859. The number of aromatic nitrogens is 6. The fourth-order valence-corrected chi connectivity index (χ4v) is 3.34. The number of hydrogen-bond donors (Lipinski definition) is 0. The summed E-state index contributed by atoms with van der Waals surface area (Å²) in [5.74, 6) is -0.454. The number of amides is 1. The van der Waals surface area contributed by atoms with Crippen LogP contribution < -0.4 is 4.90 Å². The van der Waals surface area contributed by atoms with Crippen LogP contribution in [-0.4, -0.2) is 48.4 Å². The minimum Gasteiger partial charge on any atom is -0.442 e. The van der Waals surface area contributed by atoms with E-state index in [1.807, 2.05) is 0 Å². The lowest BCUT2D eigenvalue weighted by Gasteiger charge is -2.14. The number of alkyl halides is 1. The number of hydrogen-bond acceptors (Lipinski definition) is 7. The number of carbonyl (C=O) groups is 1. The van der Waals surface area contributed by atoms with Gasteiger partial charge < -0.3 is 13.8 Å². The van der Waals surface area contributed by atoms with E-state index >= 15 is 0 Å². The molecule has 0 saturated carbocycles. The van der Waals surface area contributed by atoms with Crippen LogP contribution in [0.1, 0.15) is 5.89 Å². The predicted molar refractivity (Wildman–Crippen MR) is 101 cm³/mol. The Bertz CT molecular complexity index is 1220. The van der Waals surface area contributed by atoms with Crippen molar-refractivity contribution in [1.29, 1.82) is 0 Å². The van der Waals surface area contributed by atoms with E-state index in [1.54, 1.807) is 41.5 Å². The Labute approximate surface area is 173 Å². The Morgan fingerprint density at radius 2 is 2.13 bits per heavy atom. The number of anilines is 1. The van der Waals surface area contributed by atoms with Gasteiger partial charge in [-0.05, 0) is 24.3 Å². The number of benzene rings is 1. The lowest BCUT2D eigenvalue weighted by Crippen LogP contribution is -2.26. The lowest BCUT2D eigenvalue weighted by molar-refractivity contribution is 0.129. The van der Waals surface area contributed by atoms with Crippen LogP contribution in [0.15, 0.2) is 53.6 Å². The zero-order chi connectivity index (χ0) is 21.4. The quantitative estimate of drug-likeness (QED) is 0.466. The van der Waals surface area contributed by atoms with E-state index in [2.05, 4.69) is 20.5 Å². The first kappa shape index (κ1) is 18.9. The molecule has 5 rings (SSSR count). The maximum atomic E-state index is 14.9. The van der Waals surface area contributed by atoms with Gasteiger partial charge in [-0.1, -0.05) is 10.4 Å². The molecule has 10 nitrogen and oxygen atoms in total. The standard InChI is InChI=1S/C19H15F2N7O3/c20-8-17-23-18(24-31-17)12-3-5-26(9-12)16-2-1-13(7-15(16)21)28-11-14(30-19(28)29)10-27-6-4-22-25-27/h1-7,9,14H,8,10-11H2/t14-/m0/s1. The Morgan fingerprint density at radius 1 is 1.23 bits per heavy atom. The molecule has 1 aromatic carbocycles. The highest BCUT2D eigenvalue weighted by molar-refractivity contribution is 5.89. The second-order valence-electron chi connectivity index (χ2n) is 6.83. The number of rotatable bonds is 6. The third-order valence-electron chi connectivity index (χ3n) is 4.79. The molecule has 1 saturated heterocycles. The molecule has 0 bridgehead atoms. The molecule has 1 aliphatic heterocycles. The Morgan fingerprint density at radius 3 is 2.87 bits per heavy atom. The van der Waals surface area contributed by atoms with Crippen molar-refractivity contribution in [2.75, 3.05) is 11.4 Å². The summed E-state index contributed by atoms with van der Waals surface area (Å²) >= 11 is 0. The molecular formula is C19H15F2N7O3. The zero-order valence-electron chi connectivity index (χ0n) is 15.9. The molecule has 31 heavy (non-hydrogen) atoms. The van der Waals surface area contributed by atoms with Crippen molar-refractivity contribution in [1.82, 2.24) is 29.7 Å². The largest absolute Gasteiger partial charge is 0.442 e. The van der Waals surface area contributed by atoms with Crippen LogP contribution in [0.25, 0.3) is 17.1 Å². The van der Waals surface area contributed by atoms with E-state index in [0.29, 0.717) is 17.8 Å². The predicted octanol–water partition coefficient (Wildman–Crippen LogP) is 2.75. The normalized spacial score (nSPS) is 16.1. The van der Waals surface area contributed by atoms with Crippen LogP contribution >= 0.6 is 0 Å². The number of halogens is 2. The van der Waals surface area contributed by atoms with Crippen LogP contribution in [0.3, 0.4) is 0 Å². The summed E-state index contributed by atoms with van der Waals surface area (Å²) in [7, 11) is 0. The highest BCUT2D eigenvalue weighted by Crippen LogP contribution is 2.27. The van der Waals surface area contributed by atoms with Gasteiger partial charge in [0.1, 0.15) is 11.9 Å². The molecule has 4 aromatic rings. The molecule has 1 amide bonds. The summed E-state index contributed by atoms with van der Waals surface area (Å²) in [4.78, 5) is 17.5. The van der Waals surface area contributed by atoms with E-state index < -0.39 is 24.7 Å². The third-order valence-corrected chi connectivity index (χ3v) is 4.79. The Balaban J connectivity index is 1.34. The molecule has 1 fully saturated rings.